The lowest BCUT2D eigenvalue weighted by molar-refractivity contribution is -0.148. The summed E-state index contributed by atoms with van der Waals surface area (Å²) in [7, 11) is -4.24. The second kappa shape index (κ2) is 9.86. The molecular weight excluding hydrogens is 451 g/mol. The molecule has 11 nitrogen and oxygen atoms in total. The molecule has 0 aliphatic heterocycles. The van der Waals surface area contributed by atoms with Crippen LogP contribution in [0.1, 0.15) is 18.1 Å². The number of carbonyl (C=O) groups is 2. The highest BCUT2D eigenvalue weighted by atomic mass is 31.2. The van der Waals surface area contributed by atoms with E-state index in [1.807, 2.05) is 0 Å². The Kier molecular flexibility index (Phi) is 7.17. The molecule has 1 heterocycles. The molecule has 0 saturated carbocycles. The van der Waals surface area contributed by atoms with E-state index in [-0.39, 0.29) is 12.2 Å². The van der Waals surface area contributed by atoms with Crippen LogP contribution in [0.5, 0.6) is 0 Å². The zero-order chi connectivity index (χ0) is 24.2. The first-order chi connectivity index (χ1) is 15.5. The maximum Gasteiger partial charge on any atom is 0.329 e. The van der Waals surface area contributed by atoms with Crippen LogP contribution < -0.4 is 11.0 Å². The van der Waals surface area contributed by atoms with Crippen LogP contribution >= 0.6 is 7.60 Å². The van der Waals surface area contributed by atoms with E-state index in [9.17, 15) is 24.1 Å². The van der Waals surface area contributed by atoms with Crippen molar-refractivity contribution in [3.05, 3.63) is 76.2 Å². The Morgan fingerprint density at radius 2 is 1.73 bits per heavy atom. The molecule has 4 N–H and O–H groups in total. The van der Waals surface area contributed by atoms with E-state index in [0.29, 0.717) is 22.0 Å². The number of anilines is 1. The Hall–Kier alpha value is -3.66. The number of para-hydroxylation sites is 1. The molecule has 0 saturated heterocycles. The van der Waals surface area contributed by atoms with Crippen molar-refractivity contribution in [3.63, 3.8) is 0 Å². The highest BCUT2D eigenvalue weighted by Crippen LogP contribution is 2.38. The summed E-state index contributed by atoms with van der Waals surface area (Å²) < 4.78 is 11.1. The van der Waals surface area contributed by atoms with Gasteiger partial charge in [-0.3, -0.25) is 19.6 Å². The van der Waals surface area contributed by atoms with E-state index < -0.39 is 37.2 Å². The summed E-state index contributed by atoms with van der Waals surface area (Å²) in [4.78, 5) is 62.9. The van der Waals surface area contributed by atoms with Crippen LogP contribution in [0.4, 0.5) is 5.82 Å². The van der Waals surface area contributed by atoms with Crippen LogP contribution in [0.3, 0.4) is 0 Å². The van der Waals surface area contributed by atoms with Crippen molar-refractivity contribution in [2.45, 2.75) is 25.5 Å². The lowest BCUT2D eigenvalue weighted by Crippen LogP contribution is -2.49. The number of nitrogens with one attached hydrogen (secondary N) is 1. The minimum absolute atomic E-state index is 0.138. The summed E-state index contributed by atoms with van der Waals surface area (Å²) >= 11 is 0. The van der Waals surface area contributed by atoms with Crippen molar-refractivity contribution in [2.24, 2.45) is 0 Å². The molecule has 0 aliphatic rings. The predicted octanol–water partition coefficient (Wildman–Crippen LogP) is 1.54. The Morgan fingerprint density at radius 1 is 1.09 bits per heavy atom. The van der Waals surface area contributed by atoms with Crippen molar-refractivity contribution >= 4 is 36.2 Å². The molecule has 3 aromatic rings. The van der Waals surface area contributed by atoms with Gasteiger partial charge in [-0.25, -0.2) is 19.8 Å². The van der Waals surface area contributed by atoms with E-state index in [4.69, 9.17) is 9.79 Å². The van der Waals surface area contributed by atoms with Crippen molar-refractivity contribution < 1.29 is 29.0 Å². The summed E-state index contributed by atoms with van der Waals surface area (Å²) in [5.41, 5.74) is 3.01. The molecule has 3 rings (SSSR count). The number of benzene rings is 2. The van der Waals surface area contributed by atoms with Crippen LogP contribution in [-0.4, -0.2) is 47.8 Å². The first-order valence-electron chi connectivity index (χ1n) is 9.71. The third-order valence-corrected chi connectivity index (χ3v) is 5.47. The van der Waals surface area contributed by atoms with E-state index in [2.05, 4.69) is 15.4 Å². The SMILES string of the molecule is CC(=O)N(Nc1ncc2ccccc2nc1=O)[C@@H](Cc1ccc(CP(=O)(O)O)cc1)C(=O)O. The lowest BCUT2D eigenvalue weighted by atomic mass is 10.0. The second-order valence-electron chi connectivity index (χ2n) is 7.28. The number of hydrogen-bond donors (Lipinski definition) is 4. The standard InChI is InChI=1S/C21H21N4O7P/c1-13(26)25(24-19-20(27)23-17-5-3-2-4-16(17)11-22-19)18(21(28)29)10-14-6-8-15(9-7-14)12-33(30,31)32/h2-9,11,18H,10,12H2,1H3,(H,28,29)(H2,30,31,32)(H,22,23,24,27)/t18-/m0/s1. The summed E-state index contributed by atoms with van der Waals surface area (Å²) in [5.74, 6) is -2.31. The molecule has 0 radical (unpaired) electrons. The van der Waals surface area contributed by atoms with Gasteiger partial charge in [0.05, 0.1) is 11.7 Å². The van der Waals surface area contributed by atoms with Gasteiger partial charge in [-0.2, -0.15) is 0 Å². The average Bonchev–Trinajstić information content (AvgIpc) is 2.88. The van der Waals surface area contributed by atoms with E-state index in [1.165, 1.54) is 30.5 Å². The predicted molar refractivity (Wildman–Crippen MR) is 119 cm³/mol. The summed E-state index contributed by atoms with van der Waals surface area (Å²) in [5, 5.41) is 11.1. The number of fused-ring (bicyclic) bond motifs is 1. The Morgan fingerprint density at radius 3 is 2.33 bits per heavy atom. The molecule has 0 aliphatic carbocycles. The van der Waals surface area contributed by atoms with Crippen molar-refractivity contribution in [3.8, 4) is 0 Å². The smallest absolute Gasteiger partial charge is 0.329 e. The minimum Gasteiger partial charge on any atom is -0.480 e. The number of hydrogen-bond acceptors (Lipinski definition) is 7. The third-order valence-electron chi connectivity index (χ3n) is 4.70. The van der Waals surface area contributed by atoms with Crippen LogP contribution in [-0.2, 0) is 26.7 Å². The zero-order valence-corrected chi connectivity index (χ0v) is 18.3. The summed E-state index contributed by atoms with van der Waals surface area (Å²) in [6.07, 6.45) is 0.807. The molecule has 2 aromatic carbocycles. The first-order valence-corrected chi connectivity index (χ1v) is 11.5. The molecular formula is C21H21N4O7P. The fraction of sp³-hybridized carbons (Fsp3) is 0.190. The number of carboxylic acids is 1. The lowest BCUT2D eigenvalue weighted by Gasteiger charge is -2.28. The quantitative estimate of drug-likeness (QED) is 0.278. The Balaban J connectivity index is 1.89. The van der Waals surface area contributed by atoms with Gasteiger partial charge in [-0.05, 0) is 17.2 Å². The molecule has 1 amide bonds. The number of rotatable bonds is 8. The maximum atomic E-state index is 12.5. The number of hydrazine groups is 1. The molecule has 172 valence electrons. The number of aliphatic carboxylic acids is 1. The minimum atomic E-state index is -4.24. The number of carbonyl (C=O) groups excluding carboxylic acids is 1. The van der Waals surface area contributed by atoms with Crippen LogP contribution in [0, 0.1) is 0 Å². The fourth-order valence-corrected chi connectivity index (χ4v) is 3.83. The molecule has 0 spiro atoms. The molecule has 0 bridgehead atoms. The Labute approximate surface area is 187 Å². The number of carboxylic acid groups (broad SMARTS) is 1. The maximum absolute atomic E-state index is 12.5. The first kappa shape index (κ1) is 24.0. The number of nitrogens with zero attached hydrogens (tertiary/aromatic N) is 3. The second-order valence-corrected chi connectivity index (χ2v) is 8.93. The highest BCUT2D eigenvalue weighted by Gasteiger charge is 2.29. The van der Waals surface area contributed by atoms with Gasteiger partial charge in [-0.1, -0.05) is 42.5 Å². The third kappa shape index (κ3) is 6.42. The van der Waals surface area contributed by atoms with Gasteiger partial charge >= 0.3 is 19.1 Å². The largest absolute Gasteiger partial charge is 0.480 e. The zero-order valence-electron chi connectivity index (χ0n) is 17.5. The molecule has 12 heteroatoms. The average molecular weight is 472 g/mol. The van der Waals surface area contributed by atoms with Crippen LogP contribution in [0.25, 0.3) is 10.9 Å². The molecule has 0 fully saturated rings. The van der Waals surface area contributed by atoms with E-state index in [0.717, 1.165) is 11.9 Å². The van der Waals surface area contributed by atoms with Crippen molar-refractivity contribution in [2.75, 3.05) is 5.43 Å². The molecule has 0 unspecified atom stereocenters. The number of aromatic nitrogens is 2. The van der Waals surface area contributed by atoms with Crippen LogP contribution in [0.15, 0.2) is 59.5 Å². The van der Waals surface area contributed by atoms with Gasteiger partial charge < -0.3 is 14.9 Å². The van der Waals surface area contributed by atoms with Gasteiger partial charge in [0.25, 0.3) is 0 Å². The monoisotopic (exact) mass is 472 g/mol. The molecule has 33 heavy (non-hydrogen) atoms. The van der Waals surface area contributed by atoms with Crippen molar-refractivity contribution in [1.82, 2.24) is 15.0 Å². The van der Waals surface area contributed by atoms with E-state index in [1.54, 1.807) is 24.3 Å². The normalized spacial score (nSPS) is 12.2. The topological polar surface area (TPSA) is 170 Å². The molecule has 1 aromatic heterocycles. The number of amides is 1. The van der Waals surface area contributed by atoms with Gasteiger partial charge in [0.1, 0.15) is 0 Å². The van der Waals surface area contributed by atoms with E-state index >= 15 is 0 Å². The van der Waals surface area contributed by atoms with Crippen molar-refractivity contribution in [1.29, 1.82) is 0 Å². The highest BCUT2D eigenvalue weighted by molar-refractivity contribution is 7.50. The summed E-state index contributed by atoms with van der Waals surface area (Å²) in [6, 6.07) is 11.4. The fourth-order valence-electron chi connectivity index (χ4n) is 3.15. The van der Waals surface area contributed by atoms with Gasteiger partial charge in [-0.15, -0.1) is 0 Å². The van der Waals surface area contributed by atoms with Crippen LogP contribution in [0.2, 0.25) is 0 Å². The van der Waals surface area contributed by atoms with Gasteiger partial charge in [0.2, 0.25) is 11.7 Å². The Bertz CT molecular complexity index is 1290. The van der Waals surface area contributed by atoms with Gasteiger partial charge in [0, 0.05) is 24.9 Å². The summed E-state index contributed by atoms with van der Waals surface area (Å²) in [6.45, 7) is 1.14. The van der Waals surface area contributed by atoms with Gasteiger partial charge in [0.15, 0.2) is 6.04 Å². The molecule has 1 atom stereocenters.